The first-order valence-electron chi connectivity index (χ1n) is 5.00. The topological polar surface area (TPSA) is 50.2 Å². The third-order valence-corrected chi connectivity index (χ3v) is 3.53. The number of halogens is 1. The van der Waals surface area contributed by atoms with Crippen molar-refractivity contribution in [1.29, 1.82) is 0 Å². The van der Waals surface area contributed by atoms with Gasteiger partial charge in [-0.3, -0.25) is 0 Å². The fourth-order valence-electron chi connectivity index (χ4n) is 1.50. The van der Waals surface area contributed by atoms with Gasteiger partial charge in [0, 0.05) is 16.3 Å². The molecule has 0 fully saturated rings. The Kier molecular flexibility index (Phi) is 3.45. The standard InChI is InChI=1S/C12H10ClNO2S/c1-7-11(12(15)16)14-10(17-7)6-8-2-4-9(13)5-3-8/h2-5H,6H2,1H3,(H,15,16). The Labute approximate surface area is 108 Å². The Morgan fingerprint density at radius 2 is 2.06 bits per heavy atom. The molecule has 88 valence electrons. The highest BCUT2D eigenvalue weighted by Gasteiger charge is 2.13. The lowest BCUT2D eigenvalue weighted by atomic mass is 10.2. The molecular weight excluding hydrogens is 258 g/mol. The van der Waals surface area contributed by atoms with Gasteiger partial charge in [0.05, 0.1) is 5.01 Å². The van der Waals surface area contributed by atoms with Crippen LogP contribution in [0.25, 0.3) is 0 Å². The van der Waals surface area contributed by atoms with Crippen LogP contribution in [0.3, 0.4) is 0 Å². The van der Waals surface area contributed by atoms with Gasteiger partial charge >= 0.3 is 5.97 Å². The Morgan fingerprint density at radius 3 is 2.59 bits per heavy atom. The number of carboxylic acid groups (broad SMARTS) is 1. The lowest BCUT2D eigenvalue weighted by Crippen LogP contribution is -1.99. The van der Waals surface area contributed by atoms with E-state index in [2.05, 4.69) is 4.98 Å². The molecule has 0 aliphatic rings. The maximum absolute atomic E-state index is 10.9. The van der Waals surface area contributed by atoms with E-state index in [-0.39, 0.29) is 5.69 Å². The highest BCUT2D eigenvalue weighted by Crippen LogP contribution is 2.21. The molecule has 0 amide bonds. The molecule has 0 saturated carbocycles. The van der Waals surface area contributed by atoms with Crippen LogP contribution in [0.15, 0.2) is 24.3 Å². The zero-order chi connectivity index (χ0) is 12.4. The van der Waals surface area contributed by atoms with Gasteiger partial charge in [-0.05, 0) is 24.6 Å². The van der Waals surface area contributed by atoms with Crippen molar-refractivity contribution >= 4 is 28.9 Å². The molecule has 2 rings (SSSR count). The maximum Gasteiger partial charge on any atom is 0.355 e. The van der Waals surface area contributed by atoms with E-state index in [1.165, 1.54) is 11.3 Å². The molecule has 0 bridgehead atoms. The Bertz CT molecular complexity index is 548. The minimum atomic E-state index is -0.971. The summed E-state index contributed by atoms with van der Waals surface area (Å²) < 4.78 is 0. The summed E-state index contributed by atoms with van der Waals surface area (Å²) in [6.07, 6.45) is 0.635. The van der Waals surface area contributed by atoms with Crippen molar-refractivity contribution in [3.05, 3.63) is 50.4 Å². The van der Waals surface area contributed by atoms with Gasteiger partial charge in [0.15, 0.2) is 5.69 Å². The number of carboxylic acids is 1. The van der Waals surface area contributed by atoms with E-state index in [4.69, 9.17) is 16.7 Å². The lowest BCUT2D eigenvalue weighted by Gasteiger charge is -1.97. The van der Waals surface area contributed by atoms with Crippen molar-refractivity contribution in [2.75, 3.05) is 0 Å². The van der Waals surface area contributed by atoms with Crippen LogP contribution in [0.4, 0.5) is 0 Å². The third kappa shape index (κ3) is 2.84. The molecule has 0 radical (unpaired) electrons. The minimum Gasteiger partial charge on any atom is -0.476 e. The molecule has 1 N–H and O–H groups in total. The third-order valence-electron chi connectivity index (χ3n) is 2.31. The summed E-state index contributed by atoms with van der Waals surface area (Å²) in [4.78, 5) is 15.7. The smallest absolute Gasteiger partial charge is 0.355 e. The van der Waals surface area contributed by atoms with Crippen molar-refractivity contribution < 1.29 is 9.90 Å². The van der Waals surface area contributed by atoms with Crippen LogP contribution in [0.2, 0.25) is 5.02 Å². The fraction of sp³-hybridized carbons (Fsp3) is 0.167. The van der Waals surface area contributed by atoms with E-state index in [1.807, 2.05) is 24.3 Å². The van der Waals surface area contributed by atoms with E-state index in [9.17, 15) is 4.79 Å². The number of aromatic carboxylic acids is 1. The molecule has 1 aromatic heterocycles. The lowest BCUT2D eigenvalue weighted by molar-refractivity contribution is 0.0690. The number of benzene rings is 1. The monoisotopic (exact) mass is 267 g/mol. The van der Waals surface area contributed by atoms with Crippen LogP contribution in [-0.4, -0.2) is 16.1 Å². The number of thiazole rings is 1. The molecule has 17 heavy (non-hydrogen) atoms. The molecule has 0 atom stereocenters. The Morgan fingerprint density at radius 1 is 1.41 bits per heavy atom. The second-order valence-corrected chi connectivity index (χ2v) is 5.34. The molecular formula is C12H10ClNO2S. The van der Waals surface area contributed by atoms with Gasteiger partial charge < -0.3 is 5.11 Å². The zero-order valence-electron chi connectivity index (χ0n) is 9.11. The first-order chi connectivity index (χ1) is 8.06. The van der Waals surface area contributed by atoms with Crippen LogP contribution in [0.5, 0.6) is 0 Å². The number of aryl methyl sites for hydroxylation is 1. The molecule has 0 saturated heterocycles. The quantitative estimate of drug-likeness (QED) is 0.927. The molecule has 2 aromatic rings. The first kappa shape index (κ1) is 12.1. The molecule has 0 aliphatic heterocycles. The number of hydrogen-bond acceptors (Lipinski definition) is 3. The van der Waals surface area contributed by atoms with Gasteiger partial charge in [-0.15, -0.1) is 11.3 Å². The number of aromatic nitrogens is 1. The number of rotatable bonds is 3. The van der Waals surface area contributed by atoms with Crippen LogP contribution in [0.1, 0.15) is 25.9 Å². The Balaban J connectivity index is 2.22. The van der Waals surface area contributed by atoms with Gasteiger partial charge in [0.1, 0.15) is 0 Å². The van der Waals surface area contributed by atoms with Crippen molar-refractivity contribution in [1.82, 2.24) is 4.98 Å². The average Bonchev–Trinajstić information content (AvgIpc) is 2.63. The van der Waals surface area contributed by atoms with E-state index in [1.54, 1.807) is 6.92 Å². The summed E-state index contributed by atoms with van der Waals surface area (Å²) in [5.41, 5.74) is 1.22. The molecule has 0 unspecified atom stereocenters. The number of hydrogen-bond donors (Lipinski definition) is 1. The van der Waals surface area contributed by atoms with Crippen LogP contribution in [0, 0.1) is 6.92 Å². The fourth-order valence-corrected chi connectivity index (χ4v) is 2.59. The SMILES string of the molecule is Cc1sc(Cc2ccc(Cl)cc2)nc1C(=O)O. The van der Waals surface area contributed by atoms with Crippen molar-refractivity contribution in [2.45, 2.75) is 13.3 Å². The normalized spacial score (nSPS) is 10.5. The highest BCUT2D eigenvalue weighted by molar-refractivity contribution is 7.11. The van der Waals surface area contributed by atoms with E-state index >= 15 is 0 Å². The molecule has 1 heterocycles. The predicted molar refractivity (Wildman–Crippen MR) is 68.1 cm³/mol. The predicted octanol–water partition coefficient (Wildman–Crippen LogP) is 3.39. The molecule has 5 heteroatoms. The van der Waals surface area contributed by atoms with Crippen LogP contribution < -0.4 is 0 Å². The summed E-state index contributed by atoms with van der Waals surface area (Å²) in [6, 6.07) is 7.46. The summed E-state index contributed by atoms with van der Waals surface area (Å²) in [7, 11) is 0. The molecule has 1 aromatic carbocycles. The summed E-state index contributed by atoms with van der Waals surface area (Å²) in [6.45, 7) is 1.77. The van der Waals surface area contributed by atoms with Crippen LogP contribution >= 0.6 is 22.9 Å². The number of nitrogens with zero attached hydrogens (tertiary/aromatic N) is 1. The van der Waals surface area contributed by atoms with Gasteiger partial charge in [0.25, 0.3) is 0 Å². The second kappa shape index (κ2) is 4.85. The summed E-state index contributed by atoms with van der Waals surface area (Å²) >= 11 is 7.21. The van der Waals surface area contributed by atoms with Gasteiger partial charge in [-0.2, -0.15) is 0 Å². The summed E-state index contributed by atoms with van der Waals surface area (Å²) in [5, 5.41) is 10.4. The maximum atomic E-state index is 10.9. The molecule has 0 spiro atoms. The van der Waals surface area contributed by atoms with Crippen molar-refractivity contribution in [3.8, 4) is 0 Å². The molecule has 0 aliphatic carbocycles. The summed E-state index contributed by atoms with van der Waals surface area (Å²) in [5.74, 6) is -0.971. The average molecular weight is 268 g/mol. The first-order valence-corrected chi connectivity index (χ1v) is 6.20. The largest absolute Gasteiger partial charge is 0.476 e. The van der Waals surface area contributed by atoms with Gasteiger partial charge in [0.2, 0.25) is 0 Å². The highest BCUT2D eigenvalue weighted by atomic mass is 35.5. The van der Waals surface area contributed by atoms with Crippen molar-refractivity contribution in [2.24, 2.45) is 0 Å². The molecule has 3 nitrogen and oxygen atoms in total. The van der Waals surface area contributed by atoms with E-state index in [0.29, 0.717) is 11.4 Å². The van der Waals surface area contributed by atoms with Gasteiger partial charge in [-0.25, -0.2) is 9.78 Å². The van der Waals surface area contributed by atoms with Crippen LogP contribution in [-0.2, 0) is 6.42 Å². The minimum absolute atomic E-state index is 0.152. The zero-order valence-corrected chi connectivity index (χ0v) is 10.7. The second-order valence-electron chi connectivity index (χ2n) is 3.62. The van der Waals surface area contributed by atoms with E-state index < -0.39 is 5.97 Å². The van der Waals surface area contributed by atoms with Gasteiger partial charge in [-0.1, -0.05) is 23.7 Å². The number of carbonyl (C=O) groups is 1. The van der Waals surface area contributed by atoms with Crippen molar-refractivity contribution in [3.63, 3.8) is 0 Å². The Hall–Kier alpha value is -1.39. The van der Waals surface area contributed by atoms with E-state index in [0.717, 1.165) is 15.4 Å².